The minimum Gasteiger partial charge on any atom is -0.354 e. The topological polar surface area (TPSA) is 41.1 Å². The van der Waals surface area contributed by atoms with Gasteiger partial charge < -0.3 is 10.2 Å². The van der Waals surface area contributed by atoms with E-state index in [4.69, 9.17) is 0 Å². The van der Waals surface area contributed by atoms with Crippen LogP contribution >= 0.6 is 0 Å². The Morgan fingerprint density at radius 1 is 1.26 bits per heavy atom. The summed E-state index contributed by atoms with van der Waals surface area (Å²) in [4.78, 5) is 10.5. The highest BCUT2D eigenvalue weighted by molar-refractivity contribution is 5.60. The molecule has 0 atom stereocenters. The third-order valence-electron chi connectivity index (χ3n) is 2.69. The summed E-state index contributed by atoms with van der Waals surface area (Å²) >= 11 is 0. The van der Waals surface area contributed by atoms with Gasteiger partial charge in [0.15, 0.2) is 0 Å². The van der Waals surface area contributed by atoms with Gasteiger partial charge in [-0.3, -0.25) is 0 Å². The van der Waals surface area contributed by atoms with Gasteiger partial charge in [-0.15, -0.1) is 0 Å². The van der Waals surface area contributed by atoms with E-state index < -0.39 is 0 Å². The van der Waals surface area contributed by atoms with Crippen LogP contribution in [0.1, 0.15) is 13.8 Å². The molecule has 2 aromatic rings. The Labute approximate surface area is 112 Å². The van der Waals surface area contributed by atoms with Crippen molar-refractivity contribution in [2.75, 3.05) is 23.3 Å². The molecule has 4 nitrogen and oxygen atoms in total. The van der Waals surface area contributed by atoms with Crippen molar-refractivity contribution in [3.63, 3.8) is 0 Å². The molecular weight excluding hydrogens is 243 g/mol. The molecule has 19 heavy (non-hydrogen) atoms. The lowest BCUT2D eigenvalue weighted by Crippen LogP contribution is -2.18. The Morgan fingerprint density at radius 3 is 2.79 bits per heavy atom. The summed E-state index contributed by atoms with van der Waals surface area (Å²) in [5.41, 5.74) is 0.781. The number of nitrogens with zero attached hydrogens (tertiary/aromatic N) is 3. The van der Waals surface area contributed by atoms with E-state index in [2.05, 4.69) is 15.3 Å². The molecule has 0 aliphatic carbocycles. The summed E-state index contributed by atoms with van der Waals surface area (Å²) in [5, 5.41) is 3.07. The Balaban J connectivity index is 2.33. The first kappa shape index (κ1) is 13.3. The fourth-order valence-electron chi connectivity index (χ4n) is 1.86. The molecule has 0 saturated heterocycles. The van der Waals surface area contributed by atoms with Crippen molar-refractivity contribution in [3.8, 4) is 0 Å². The largest absolute Gasteiger partial charge is 0.354 e. The van der Waals surface area contributed by atoms with Gasteiger partial charge in [-0.05, 0) is 38.1 Å². The number of hydrogen-bond acceptors (Lipinski definition) is 4. The summed E-state index contributed by atoms with van der Waals surface area (Å²) < 4.78 is 13.3. The van der Waals surface area contributed by atoms with Gasteiger partial charge in [-0.2, -0.15) is 4.98 Å². The van der Waals surface area contributed by atoms with E-state index in [1.54, 1.807) is 12.3 Å². The molecule has 0 fully saturated rings. The molecule has 100 valence electrons. The monoisotopic (exact) mass is 260 g/mol. The van der Waals surface area contributed by atoms with Crippen LogP contribution in [0.3, 0.4) is 0 Å². The highest BCUT2D eigenvalue weighted by Gasteiger charge is 2.10. The molecule has 1 aromatic carbocycles. The van der Waals surface area contributed by atoms with Gasteiger partial charge in [0.05, 0.1) is 0 Å². The average molecular weight is 260 g/mol. The molecule has 1 heterocycles. The molecule has 0 aliphatic rings. The predicted molar refractivity (Wildman–Crippen MR) is 75.3 cm³/mol. The Kier molecular flexibility index (Phi) is 4.28. The van der Waals surface area contributed by atoms with E-state index in [1.165, 1.54) is 12.1 Å². The van der Waals surface area contributed by atoms with E-state index in [0.717, 1.165) is 18.1 Å². The lowest BCUT2D eigenvalue weighted by atomic mass is 10.2. The third kappa shape index (κ3) is 3.19. The van der Waals surface area contributed by atoms with Crippen LogP contribution in [0.2, 0.25) is 0 Å². The summed E-state index contributed by atoms with van der Waals surface area (Å²) in [7, 11) is 0. The van der Waals surface area contributed by atoms with Crippen molar-refractivity contribution in [2.24, 2.45) is 0 Å². The number of rotatable bonds is 5. The number of benzene rings is 1. The van der Waals surface area contributed by atoms with Crippen molar-refractivity contribution >= 4 is 17.5 Å². The molecule has 0 saturated carbocycles. The van der Waals surface area contributed by atoms with E-state index in [1.807, 2.05) is 30.9 Å². The summed E-state index contributed by atoms with van der Waals surface area (Å²) in [6, 6.07) is 8.30. The predicted octanol–water partition coefficient (Wildman–Crippen LogP) is 3.21. The minimum atomic E-state index is -0.253. The Hall–Kier alpha value is -2.17. The van der Waals surface area contributed by atoms with Crippen LogP contribution in [0, 0.1) is 5.82 Å². The minimum absolute atomic E-state index is 0.253. The van der Waals surface area contributed by atoms with Crippen molar-refractivity contribution in [1.82, 2.24) is 9.97 Å². The van der Waals surface area contributed by atoms with Crippen LogP contribution in [0.5, 0.6) is 0 Å². The lowest BCUT2D eigenvalue weighted by Gasteiger charge is -2.22. The second-order valence-corrected chi connectivity index (χ2v) is 3.99. The first-order valence-electron chi connectivity index (χ1n) is 6.34. The lowest BCUT2D eigenvalue weighted by molar-refractivity contribution is 0.627. The normalized spacial score (nSPS) is 10.3. The van der Waals surface area contributed by atoms with Gasteiger partial charge in [-0.25, -0.2) is 9.37 Å². The van der Waals surface area contributed by atoms with Crippen molar-refractivity contribution in [3.05, 3.63) is 42.3 Å². The average Bonchev–Trinajstić information content (AvgIpc) is 2.41. The maximum absolute atomic E-state index is 13.3. The maximum atomic E-state index is 13.3. The van der Waals surface area contributed by atoms with Crippen LogP contribution in [0.4, 0.5) is 21.8 Å². The molecular formula is C14H17FN4. The van der Waals surface area contributed by atoms with Crippen LogP contribution in [0.25, 0.3) is 0 Å². The summed E-state index contributed by atoms with van der Waals surface area (Å²) in [6.07, 6.45) is 1.70. The number of aromatic nitrogens is 2. The second-order valence-electron chi connectivity index (χ2n) is 3.99. The quantitative estimate of drug-likeness (QED) is 0.896. The highest BCUT2D eigenvalue weighted by Crippen LogP contribution is 2.24. The number of nitrogens with one attached hydrogen (secondary N) is 1. The molecule has 0 bridgehead atoms. The zero-order chi connectivity index (χ0) is 13.7. The molecule has 5 heteroatoms. The van der Waals surface area contributed by atoms with E-state index in [-0.39, 0.29) is 5.82 Å². The van der Waals surface area contributed by atoms with Crippen molar-refractivity contribution in [1.29, 1.82) is 0 Å². The Morgan fingerprint density at radius 2 is 2.11 bits per heavy atom. The molecule has 0 amide bonds. The van der Waals surface area contributed by atoms with Gasteiger partial charge in [-0.1, -0.05) is 6.07 Å². The van der Waals surface area contributed by atoms with Crippen LogP contribution < -0.4 is 10.2 Å². The molecule has 1 aromatic heterocycles. The van der Waals surface area contributed by atoms with Crippen molar-refractivity contribution in [2.45, 2.75) is 13.8 Å². The van der Waals surface area contributed by atoms with Crippen LogP contribution in [0.15, 0.2) is 36.5 Å². The van der Waals surface area contributed by atoms with Crippen molar-refractivity contribution < 1.29 is 4.39 Å². The van der Waals surface area contributed by atoms with E-state index in [9.17, 15) is 4.39 Å². The van der Waals surface area contributed by atoms with Crippen LogP contribution in [-0.4, -0.2) is 23.1 Å². The fourth-order valence-corrected chi connectivity index (χ4v) is 1.86. The highest BCUT2D eigenvalue weighted by atomic mass is 19.1. The summed E-state index contributed by atoms with van der Waals surface area (Å²) in [6.45, 7) is 5.45. The molecule has 0 unspecified atom stereocenters. The van der Waals surface area contributed by atoms with Gasteiger partial charge in [0.2, 0.25) is 5.95 Å². The van der Waals surface area contributed by atoms with Gasteiger partial charge in [0.1, 0.15) is 11.6 Å². The molecule has 0 radical (unpaired) electrons. The van der Waals surface area contributed by atoms with E-state index >= 15 is 0 Å². The molecule has 0 aliphatic heterocycles. The Bertz CT molecular complexity index is 544. The standard InChI is InChI=1S/C14H17FN4/c1-3-16-14-17-9-8-13(18-14)19(4-2)12-7-5-6-11(15)10-12/h5-10H,3-4H2,1-2H3,(H,16,17,18). The molecule has 0 spiro atoms. The number of halogens is 1. The van der Waals surface area contributed by atoms with E-state index in [0.29, 0.717) is 12.5 Å². The molecule has 1 N–H and O–H groups in total. The smallest absolute Gasteiger partial charge is 0.224 e. The SMILES string of the molecule is CCNc1nccc(N(CC)c2cccc(F)c2)n1. The molecule has 2 rings (SSSR count). The third-order valence-corrected chi connectivity index (χ3v) is 2.69. The first-order valence-corrected chi connectivity index (χ1v) is 6.34. The van der Waals surface area contributed by atoms with Gasteiger partial charge >= 0.3 is 0 Å². The van der Waals surface area contributed by atoms with Gasteiger partial charge in [0.25, 0.3) is 0 Å². The van der Waals surface area contributed by atoms with Crippen LogP contribution in [-0.2, 0) is 0 Å². The number of hydrogen-bond donors (Lipinski definition) is 1. The summed E-state index contributed by atoms with van der Waals surface area (Å²) in [5.74, 6) is 1.07. The number of anilines is 3. The van der Waals surface area contributed by atoms with Gasteiger partial charge in [0, 0.05) is 25.0 Å². The zero-order valence-electron chi connectivity index (χ0n) is 11.1. The maximum Gasteiger partial charge on any atom is 0.224 e. The zero-order valence-corrected chi connectivity index (χ0v) is 11.1. The first-order chi connectivity index (χ1) is 9.24. The second kappa shape index (κ2) is 6.13. The fraction of sp³-hybridized carbons (Fsp3) is 0.286.